The van der Waals surface area contributed by atoms with Gasteiger partial charge < -0.3 is 10.6 Å². The summed E-state index contributed by atoms with van der Waals surface area (Å²) in [5, 5.41) is 10.0. The first-order chi connectivity index (χ1) is 12.6. The molecule has 0 saturated carbocycles. The first kappa shape index (κ1) is 18.3. The number of hydrogen-bond acceptors (Lipinski definition) is 5. The van der Waals surface area contributed by atoms with Crippen LogP contribution in [0.2, 0.25) is 0 Å². The van der Waals surface area contributed by atoms with Crippen LogP contribution in [0.15, 0.2) is 31.0 Å². The van der Waals surface area contributed by atoms with Gasteiger partial charge in [-0.05, 0) is 45.8 Å². The second-order valence-corrected chi connectivity index (χ2v) is 7.22. The molecule has 3 rings (SSSR count). The van der Waals surface area contributed by atoms with Gasteiger partial charge in [0.2, 0.25) is 0 Å². The van der Waals surface area contributed by atoms with E-state index in [4.69, 9.17) is 0 Å². The molecular weight excluding hydrogens is 330 g/mol. The second kappa shape index (κ2) is 8.27. The molecule has 0 aliphatic carbocycles. The smallest absolute Gasteiger partial charge is 0.315 e. The topological polar surface area (TPSA) is 88.0 Å². The minimum Gasteiger partial charge on any atom is -0.336 e. The fourth-order valence-corrected chi connectivity index (χ4v) is 3.24. The lowest BCUT2D eigenvalue weighted by Crippen LogP contribution is -2.54. The van der Waals surface area contributed by atoms with E-state index in [0.717, 1.165) is 18.7 Å². The summed E-state index contributed by atoms with van der Waals surface area (Å²) in [7, 11) is 0. The molecular formula is C18H27N7O. The van der Waals surface area contributed by atoms with E-state index in [-0.39, 0.29) is 11.6 Å². The molecule has 8 heteroatoms. The van der Waals surface area contributed by atoms with Gasteiger partial charge in [0.1, 0.15) is 12.7 Å². The van der Waals surface area contributed by atoms with Crippen LogP contribution in [0.5, 0.6) is 0 Å². The number of aromatic nitrogens is 4. The number of carbonyl (C=O) groups excluding carboxylic acids is 1. The summed E-state index contributed by atoms with van der Waals surface area (Å²) in [5.41, 5.74) is 0.834. The molecule has 2 aromatic rings. The van der Waals surface area contributed by atoms with Crippen LogP contribution < -0.4 is 10.6 Å². The van der Waals surface area contributed by atoms with E-state index in [9.17, 15) is 4.79 Å². The monoisotopic (exact) mass is 357 g/mol. The summed E-state index contributed by atoms with van der Waals surface area (Å²) < 4.78 is 1.59. The molecule has 2 amide bonds. The van der Waals surface area contributed by atoms with Crippen molar-refractivity contribution in [3.8, 4) is 5.82 Å². The molecule has 0 atom stereocenters. The van der Waals surface area contributed by atoms with Crippen LogP contribution in [-0.4, -0.2) is 55.9 Å². The first-order valence-corrected chi connectivity index (χ1v) is 9.12. The molecule has 3 heterocycles. The van der Waals surface area contributed by atoms with Crippen molar-refractivity contribution in [2.45, 2.75) is 45.2 Å². The number of pyridine rings is 1. The molecule has 140 valence electrons. The van der Waals surface area contributed by atoms with Crippen LogP contribution >= 0.6 is 0 Å². The van der Waals surface area contributed by atoms with Crippen LogP contribution in [0, 0.1) is 0 Å². The minimum atomic E-state index is -0.177. The molecule has 1 aliphatic rings. The Kier molecular flexibility index (Phi) is 5.82. The Labute approximate surface area is 154 Å². The molecule has 1 saturated heterocycles. The number of piperidine rings is 1. The predicted molar refractivity (Wildman–Crippen MR) is 98.9 cm³/mol. The zero-order valence-electron chi connectivity index (χ0n) is 15.5. The maximum atomic E-state index is 12.2. The molecule has 0 unspecified atom stereocenters. The van der Waals surface area contributed by atoms with Crippen molar-refractivity contribution in [2.75, 3.05) is 19.6 Å². The van der Waals surface area contributed by atoms with Crippen molar-refractivity contribution in [3.05, 3.63) is 36.5 Å². The average molecular weight is 357 g/mol. The SMILES string of the molecule is CC(C)(CNC(=O)NCc1cccnc1-n1cncn1)N1CCCCC1. The number of carbonyl (C=O) groups is 1. The number of hydrogen-bond donors (Lipinski definition) is 2. The van der Waals surface area contributed by atoms with E-state index in [1.54, 1.807) is 17.2 Å². The lowest BCUT2D eigenvalue weighted by atomic mass is 9.98. The first-order valence-electron chi connectivity index (χ1n) is 9.12. The Hall–Kier alpha value is -2.48. The molecule has 26 heavy (non-hydrogen) atoms. The zero-order chi connectivity index (χ0) is 18.4. The quantitative estimate of drug-likeness (QED) is 0.822. The van der Waals surface area contributed by atoms with E-state index >= 15 is 0 Å². The van der Waals surface area contributed by atoms with Crippen molar-refractivity contribution < 1.29 is 4.79 Å². The second-order valence-electron chi connectivity index (χ2n) is 7.22. The van der Waals surface area contributed by atoms with Gasteiger partial charge in [-0.2, -0.15) is 5.10 Å². The molecule has 1 fully saturated rings. The van der Waals surface area contributed by atoms with Crippen molar-refractivity contribution in [3.63, 3.8) is 0 Å². The molecule has 2 N–H and O–H groups in total. The van der Waals surface area contributed by atoms with Gasteiger partial charge in [0.25, 0.3) is 0 Å². The summed E-state index contributed by atoms with van der Waals surface area (Å²) in [6, 6.07) is 3.58. The largest absolute Gasteiger partial charge is 0.336 e. The lowest BCUT2D eigenvalue weighted by molar-refractivity contribution is 0.0960. The van der Waals surface area contributed by atoms with Gasteiger partial charge in [0.15, 0.2) is 5.82 Å². The van der Waals surface area contributed by atoms with Gasteiger partial charge in [-0.3, -0.25) is 4.90 Å². The Morgan fingerprint density at radius 2 is 2.04 bits per heavy atom. The van der Waals surface area contributed by atoms with Gasteiger partial charge in [-0.1, -0.05) is 12.5 Å². The minimum absolute atomic E-state index is 0.0437. The predicted octanol–water partition coefficient (Wildman–Crippen LogP) is 1.73. The highest BCUT2D eigenvalue weighted by Crippen LogP contribution is 2.19. The van der Waals surface area contributed by atoms with Crippen LogP contribution in [0.4, 0.5) is 4.79 Å². The van der Waals surface area contributed by atoms with Crippen LogP contribution in [0.25, 0.3) is 5.82 Å². The summed E-state index contributed by atoms with van der Waals surface area (Å²) in [6.45, 7) is 7.56. The van der Waals surface area contributed by atoms with Gasteiger partial charge in [-0.15, -0.1) is 0 Å². The van der Waals surface area contributed by atoms with E-state index in [2.05, 4.69) is 44.4 Å². The van der Waals surface area contributed by atoms with E-state index in [0.29, 0.717) is 18.9 Å². The van der Waals surface area contributed by atoms with E-state index in [1.807, 2.05) is 12.1 Å². The van der Waals surface area contributed by atoms with Crippen molar-refractivity contribution in [1.29, 1.82) is 0 Å². The van der Waals surface area contributed by atoms with Gasteiger partial charge >= 0.3 is 6.03 Å². The van der Waals surface area contributed by atoms with Crippen molar-refractivity contribution in [2.24, 2.45) is 0 Å². The van der Waals surface area contributed by atoms with Crippen LogP contribution in [-0.2, 0) is 6.54 Å². The van der Waals surface area contributed by atoms with E-state index < -0.39 is 0 Å². The third kappa shape index (κ3) is 4.57. The molecule has 8 nitrogen and oxygen atoms in total. The number of rotatable bonds is 6. The summed E-state index contributed by atoms with van der Waals surface area (Å²) >= 11 is 0. The van der Waals surface area contributed by atoms with Gasteiger partial charge in [-0.25, -0.2) is 19.4 Å². The third-order valence-corrected chi connectivity index (χ3v) is 4.84. The third-order valence-electron chi connectivity index (χ3n) is 4.84. The standard InChI is InChI=1S/C18H27N7O/c1-18(2,24-9-4-3-5-10-24)12-22-17(26)21-11-15-7-6-8-20-16(15)25-14-19-13-23-25/h6-8,13-14H,3-5,9-12H2,1-2H3,(H2,21,22,26). The number of likely N-dealkylation sites (tertiary alicyclic amines) is 1. The van der Waals surface area contributed by atoms with E-state index in [1.165, 1.54) is 25.6 Å². The number of nitrogens with one attached hydrogen (secondary N) is 2. The molecule has 1 aliphatic heterocycles. The van der Waals surface area contributed by atoms with Crippen LogP contribution in [0.3, 0.4) is 0 Å². The summed E-state index contributed by atoms with van der Waals surface area (Å²) in [6.07, 6.45) is 8.53. The molecule has 0 spiro atoms. The molecule has 0 aromatic carbocycles. The molecule has 0 radical (unpaired) electrons. The highest BCUT2D eigenvalue weighted by molar-refractivity contribution is 5.74. The fraction of sp³-hybridized carbons (Fsp3) is 0.556. The lowest BCUT2D eigenvalue weighted by Gasteiger charge is -2.41. The summed E-state index contributed by atoms with van der Waals surface area (Å²) in [5.74, 6) is 0.666. The number of amides is 2. The number of urea groups is 1. The molecule has 2 aromatic heterocycles. The normalized spacial score (nSPS) is 15.6. The maximum Gasteiger partial charge on any atom is 0.315 e. The maximum absolute atomic E-state index is 12.2. The Morgan fingerprint density at radius 3 is 2.77 bits per heavy atom. The Balaban J connectivity index is 1.52. The van der Waals surface area contributed by atoms with Gasteiger partial charge in [0.05, 0.1) is 0 Å². The van der Waals surface area contributed by atoms with Crippen LogP contribution in [0.1, 0.15) is 38.7 Å². The van der Waals surface area contributed by atoms with Crippen molar-refractivity contribution >= 4 is 6.03 Å². The van der Waals surface area contributed by atoms with Gasteiger partial charge in [0, 0.05) is 30.4 Å². The summed E-state index contributed by atoms with van der Waals surface area (Å²) in [4.78, 5) is 23.0. The Bertz CT molecular complexity index is 708. The van der Waals surface area contributed by atoms with Crippen molar-refractivity contribution in [1.82, 2.24) is 35.3 Å². The Morgan fingerprint density at radius 1 is 1.23 bits per heavy atom. The fourth-order valence-electron chi connectivity index (χ4n) is 3.24. The highest BCUT2D eigenvalue weighted by atomic mass is 16.2. The average Bonchev–Trinajstić information content (AvgIpc) is 3.20. The molecule has 0 bridgehead atoms. The highest BCUT2D eigenvalue weighted by Gasteiger charge is 2.28. The number of nitrogens with zero attached hydrogens (tertiary/aromatic N) is 5. The zero-order valence-corrected chi connectivity index (χ0v) is 15.5.